The Kier molecular flexibility index (Phi) is 3.45. The van der Waals surface area contributed by atoms with E-state index in [-0.39, 0.29) is 6.10 Å². The molecule has 2 heterocycles. The van der Waals surface area contributed by atoms with Gasteiger partial charge in [0.15, 0.2) is 0 Å². The summed E-state index contributed by atoms with van der Waals surface area (Å²) in [4.78, 5) is 4.24. The maximum atomic E-state index is 5.78. The van der Waals surface area contributed by atoms with E-state index in [1.165, 1.54) is 0 Å². The molecule has 2 aromatic rings. The molecule has 0 radical (unpaired) electrons. The molecule has 0 amide bonds. The second kappa shape index (κ2) is 5.22. The van der Waals surface area contributed by atoms with Crippen molar-refractivity contribution >= 4 is 15.9 Å². The van der Waals surface area contributed by atoms with Crippen molar-refractivity contribution in [1.82, 2.24) is 14.9 Å². The lowest BCUT2D eigenvalue weighted by Crippen LogP contribution is -2.34. The van der Waals surface area contributed by atoms with Gasteiger partial charge in [-0.1, -0.05) is 22.0 Å². The highest BCUT2D eigenvalue weighted by Crippen LogP contribution is 2.23. The summed E-state index contributed by atoms with van der Waals surface area (Å²) in [7, 11) is 0. The molecule has 0 saturated carbocycles. The van der Waals surface area contributed by atoms with Gasteiger partial charge < -0.3 is 14.6 Å². The first kappa shape index (κ1) is 11.9. The van der Waals surface area contributed by atoms with Gasteiger partial charge in [-0.05, 0) is 18.2 Å². The first-order valence-corrected chi connectivity index (χ1v) is 6.74. The average molecular weight is 308 g/mol. The van der Waals surface area contributed by atoms with E-state index < -0.39 is 0 Å². The van der Waals surface area contributed by atoms with Gasteiger partial charge >= 0.3 is 0 Å². The zero-order valence-electron chi connectivity index (χ0n) is 9.84. The fraction of sp³-hybridized carbons (Fsp3) is 0.308. The molecule has 1 aliphatic heterocycles. The first-order valence-electron chi connectivity index (χ1n) is 5.95. The number of benzene rings is 1. The van der Waals surface area contributed by atoms with Crippen molar-refractivity contribution in [3.63, 3.8) is 0 Å². The number of hydrogen-bond acceptors (Lipinski definition) is 3. The number of ether oxygens (including phenoxy) is 1. The van der Waals surface area contributed by atoms with Gasteiger partial charge in [0.1, 0.15) is 6.10 Å². The molecule has 1 unspecified atom stereocenters. The van der Waals surface area contributed by atoms with Crippen LogP contribution in [0.1, 0.15) is 11.8 Å². The minimum Gasteiger partial charge on any atom is -0.369 e. The molecule has 5 heteroatoms. The highest BCUT2D eigenvalue weighted by atomic mass is 79.9. The standard InChI is InChI=1S/C13H14BrN3O/c14-10-2-1-3-11(6-10)17-9-16-7-12(17)13-8-15-4-5-18-13/h1-3,6-7,9,13,15H,4-5,8H2. The minimum absolute atomic E-state index is 0.0697. The van der Waals surface area contributed by atoms with Crippen molar-refractivity contribution in [2.45, 2.75) is 6.10 Å². The van der Waals surface area contributed by atoms with Crippen LogP contribution in [0.25, 0.3) is 5.69 Å². The Bertz CT molecular complexity index is 535. The van der Waals surface area contributed by atoms with Gasteiger partial charge in [-0.15, -0.1) is 0 Å². The third-order valence-corrected chi connectivity index (χ3v) is 3.50. The van der Waals surface area contributed by atoms with E-state index in [0.29, 0.717) is 0 Å². The Hall–Kier alpha value is -1.17. The summed E-state index contributed by atoms with van der Waals surface area (Å²) in [5.74, 6) is 0. The number of imidazole rings is 1. The lowest BCUT2D eigenvalue weighted by atomic mass is 10.2. The molecule has 1 aromatic carbocycles. The second-order valence-electron chi connectivity index (χ2n) is 4.23. The van der Waals surface area contributed by atoms with Crippen molar-refractivity contribution in [1.29, 1.82) is 0 Å². The number of halogens is 1. The summed E-state index contributed by atoms with van der Waals surface area (Å²) in [6, 6.07) is 8.16. The quantitative estimate of drug-likeness (QED) is 0.925. The fourth-order valence-electron chi connectivity index (χ4n) is 2.14. The molecule has 0 bridgehead atoms. The fourth-order valence-corrected chi connectivity index (χ4v) is 2.53. The topological polar surface area (TPSA) is 39.1 Å². The van der Waals surface area contributed by atoms with E-state index in [9.17, 15) is 0 Å². The number of morpholine rings is 1. The maximum absolute atomic E-state index is 5.78. The average Bonchev–Trinajstić information content (AvgIpc) is 2.89. The summed E-state index contributed by atoms with van der Waals surface area (Å²) in [6.45, 7) is 2.50. The van der Waals surface area contributed by atoms with Crippen LogP contribution in [0.15, 0.2) is 41.3 Å². The maximum Gasteiger partial charge on any atom is 0.112 e. The van der Waals surface area contributed by atoms with E-state index in [1.54, 1.807) is 0 Å². The highest BCUT2D eigenvalue weighted by Gasteiger charge is 2.19. The number of aromatic nitrogens is 2. The van der Waals surface area contributed by atoms with E-state index in [2.05, 4.69) is 42.9 Å². The summed E-state index contributed by atoms with van der Waals surface area (Å²) in [5, 5.41) is 3.34. The molecule has 1 saturated heterocycles. The van der Waals surface area contributed by atoms with Crippen molar-refractivity contribution in [3.8, 4) is 5.69 Å². The van der Waals surface area contributed by atoms with E-state index in [1.807, 2.05) is 24.7 Å². The Morgan fingerprint density at radius 2 is 2.39 bits per heavy atom. The summed E-state index contributed by atoms with van der Waals surface area (Å²) in [5.41, 5.74) is 2.17. The van der Waals surface area contributed by atoms with Crippen LogP contribution in [-0.2, 0) is 4.74 Å². The molecule has 0 spiro atoms. The Labute approximate surface area is 114 Å². The predicted octanol–water partition coefficient (Wildman–Crippen LogP) is 2.30. The molecule has 1 N–H and O–H groups in total. The van der Waals surface area contributed by atoms with Crippen molar-refractivity contribution in [3.05, 3.63) is 47.0 Å². The van der Waals surface area contributed by atoms with Crippen LogP contribution in [-0.4, -0.2) is 29.2 Å². The van der Waals surface area contributed by atoms with Gasteiger partial charge in [-0.3, -0.25) is 0 Å². The van der Waals surface area contributed by atoms with Crippen LogP contribution in [0.5, 0.6) is 0 Å². The molecule has 1 atom stereocenters. The molecule has 0 aliphatic carbocycles. The van der Waals surface area contributed by atoms with Crippen LogP contribution >= 0.6 is 15.9 Å². The van der Waals surface area contributed by atoms with Gasteiger partial charge in [-0.25, -0.2) is 4.98 Å². The second-order valence-corrected chi connectivity index (χ2v) is 5.15. The van der Waals surface area contributed by atoms with Gasteiger partial charge in [0.2, 0.25) is 0 Å². The van der Waals surface area contributed by atoms with Crippen LogP contribution in [0.4, 0.5) is 0 Å². The van der Waals surface area contributed by atoms with Crippen molar-refractivity contribution < 1.29 is 4.74 Å². The van der Waals surface area contributed by atoms with Gasteiger partial charge in [0.05, 0.1) is 24.8 Å². The molecule has 1 aliphatic rings. The highest BCUT2D eigenvalue weighted by molar-refractivity contribution is 9.10. The Morgan fingerprint density at radius 3 is 3.17 bits per heavy atom. The minimum atomic E-state index is 0.0697. The van der Waals surface area contributed by atoms with Crippen LogP contribution in [0.3, 0.4) is 0 Å². The predicted molar refractivity (Wildman–Crippen MR) is 72.8 cm³/mol. The zero-order chi connectivity index (χ0) is 12.4. The number of nitrogens with zero attached hydrogens (tertiary/aromatic N) is 2. The van der Waals surface area contributed by atoms with E-state index in [0.717, 1.165) is 35.6 Å². The molecular weight excluding hydrogens is 294 g/mol. The SMILES string of the molecule is Brc1cccc(-n2cncc2C2CNCCO2)c1. The van der Waals surface area contributed by atoms with Crippen LogP contribution in [0, 0.1) is 0 Å². The molecule has 18 heavy (non-hydrogen) atoms. The first-order chi connectivity index (χ1) is 8.84. The molecule has 94 valence electrons. The molecule has 1 fully saturated rings. The van der Waals surface area contributed by atoms with Crippen LogP contribution in [0.2, 0.25) is 0 Å². The van der Waals surface area contributed by atoms with Gasteiger partial charge in [0, 0.05) is 23.2 Å². The largest absolute Gasteiger partial charge is 0.369 e. The lowest BCUT2D eigenvalue weighted by molar-refractivity contribution is 0.0240. The third-order valence-electron chi connectivity index (χ3n) is 3.01. The number of nitrogens with one attached hydrogen (secondary N) is 1. The van der Waals surface area contributed by atoms with Crippen LogP contribution < -0.4 is 5.32 Å². The number of rotatable bonds is 2. The van der Waals surface area contributed by atoms with Crippen molar-refractivity contribution in [2.24, 2.45) is 0 Å². The molecular formula is C13H14BrN3O. The van der Waals surface area contributed by atoms with E-state index >= 15 is 0 Å². The third kappa shape index (κ3) is 2.34. The smallest absolute Gasteiger partial charge is 0.112 e. The van der Waals surface area contributed by atoms with Crippen molar-refractivity contribution in [2.75, 3.05) is 19.7 Å². The lowest BCUT2D eigenvalue weighted by Gasteiger charge is -2.24. The normalized spacial score (nSPS) is 19.9. The van der Waals surface area contributed by atoms with E-state index in [4.69, 9.17) is 4.74 Å². The molecule has 4 nitrogen and oxygen atoms in total. The van der Waals surface area contributed by atoms with Gasteiger partial charge in [-0.2, -0.15) is 0 Å². The summed E-state index contributed by atoms with van der Waals surface area (Å²) >= 11 is 3.49. The Morgan fingerprint density at radius 1 is 1.44 bits per heavy atom. The molecule has 1 aromatic heterocycles. The Balaban J connectivity index is 1.95. The van der Waals surface area contributed by atoms with Gasteiger partial charge in [0.25, 0.3) is 0 Å². The molecule has 3 rings (SSSR count). The zero-order valence-corrected chi connectivity index (χ0v) is 11.4. The number of hydrogen-bond donors (Lipinski definition) is 1. The summed E-state index contributed by atoms with van der Waals surface area (Å²) in [6.07, 6.45) is 3.77. The summed E-state index contributed by atoms with van der Waals surface area (Å²) < 4.78 is 8.91. The monoisotopic (exact) mass is 307 g/mol.